The van der Waals surface area contributed by atoms with E-state index < -0.39 is 0 Å². The molecule has 2 aromatic rings. The number of para-hydroxylation sites is 1. The molecular weight excluding hydrogens is 228 g/mol. The van der Waals surface area contributed by atoms with E-state index in [9.17, 15) is 10.2 Å². The first-order valence-electron chi connectivity index (χ1n) is 5.96. The van der Waals surface area contributed by atoms with Gasteiger partial charge in [0.1, 0.15) is 11.5 Å². The maximum atomic E-state index is 10.1. The second-order valence-corrected chi connectivity index (χ2v) is 4.49. The molecule has 1 atom stereocenters. The quantitative estimate of drug-likeness (QED) is 0.814. The highest BCUT2D eigenvalue weighted by Crippen LogP contribution is 2.38. The first-order chi connectivity index (χ1) is 8.75. The van der Waals surface area contributed by atoms with Crippen molar-refractivity contribution in [3.8, 4) is 22.6 Å². The van der Waals surface area contributed by atoms with Crippen molar-refractivity contribution >= 4 is 0 Å². The van der Waals surface area contributed by atoms with Gasteiger partial charge in [-0.05, 0) is 17.7 Å². The van der Waals surface area contributed by atoms with E-state index in [0.29, 0.717) is 11.1 Å². The van der Waals surface area contributed by atoms with Gasteiger partial charge in [0.05, 0.1) is 12.7 Å². The lowest BCUT2D eigenvalue weighted by Crippen LogP contribution is -1.96. The summed E-state index contributed by atoms with van der Waals surface area (Å²) in [5.41, 5.74) is 2.36. The van der Waals surface area contributed by atoms with Gasteiger partial charge < -0.3 is 14.9 Å². The molecule has 0 aromatic heterocycles. The minimum Gasteiger partial charge on any atom is -0.507 e. The minimum atomic E-state index is 0.178. The molecule has 0 radical (unpaired) electrons. The van der Waals surface area contributed by atoms with Crippen LogP contribution in [0.5, 0.6) is 11.5 Å². The van der Waals surface area contributed by atoms with Crippen LogP contribution in [0, 0.1) is 0 Å². The molecule has 1 aliphatic heterocycles. The Labute approximate surface area is 105 Å². The number of aromatic hydroxyl groups is 2. The predicted octanol–water partition coefficient (Wildman–Crippen LogP) is 2.71. The highest BCUT2D eigenvalue weighted by atomic mass is 16.6. The van der Waals surface area contributed by atoms with Crippen LogP contribution in [0.15, 0.2) is 42.5 Å². The van der Waals surface area contributed by atoms with Crippen LogP contribution < -0.4 is 0 Å². The summed E-state index contributed by atoms with van der Waals surface area (Å²) in [7, 11) is 0. The fourth-order valence-corrected chi connectivity index (χ4v) is 2.18. The standard InChI is InChI=1S/C15H14O3/c16-13-6-2-1-5-12(13)15-10(8-11-9-18-11)4-3-7-14(15)17/h1-7,11,16-17H,8-9H2. The van der Waals surface area contributed by atoms with Gasteiger partial charge in [-0.2, -0.15) is 0 Å². The smallest absolute Gasteiger partial charge is 0.123 e. The SMILES string of the molecule is Oc1ccccc1-c1c(O)cccc1CC1CO1. The molecule has 2 N–H and O–H groups in total. The molecule has 3 heteroatoms. The molecule has 0 amide bonds. The number of hydrogen-bond donors (Lipinski definition) is 2. The van der Waals surface area contributed by atoms with Crippen LogP contribution in [0.25, 0.3) is 11.1 Å². The van der Waals surface area contributed by atoms with E-state index in [2.05, 4.69) is 0 Å². The average Bonchev–Trinajstić information content (AvgIpc) is 3.15. The number of phenolic OH excluding ortho intramolecular Hbond substituents is 2. The highest BCUT2D eigenvalue weighted by Gasteiger charge is 2.25. The third-order valence-corrected chi connectivity index (χ3v) is 3.15. The molecule has 1 unspecified atom stereocenters. The minimum absolute atomic E-state index is 0.178. The predicted molar refractivity (Wildman–Crippen MR) is 68.7 cm³/mol. The third kappa shape index (κ3) is 2.05. The first kappa shape index (κ1) is 11.1. The number of phenols is 2. The third-order valence-electron chi connectivity index (χ3n) is 3.15. The van der Waals surface area contributed by atoms with Crippen molar-refractivity contribution < 1.29 is 14.9 Å². The summed E-state index contributed by atoms with van der Waals surface area (Å²) in [6.45, 7) is 0.774. The molecule has 0 aliphatic carbocycles. The van der Waals surface area contributed by atoms with Crippen LogP contribution in [0.4, 0.5) is 0 Å². The van der Waals surface area contributed by atoms with Crippen molar-refractivity contribution in [3.05, 3.63) is 48.0 Å². The number of rotatable bonds is 3. The largest absolute Gasteiger partial charge is 0.507 e. The maximum Gasteiger partial charge on any atom is 0.123 e. The molecule has 1 heterocycles. The van der Waals surface area contributed by atoms with E-state index in [0.717, 1.165) is 18.6 Å². The number of benzene rings is 2. The van der Waals surface area contributed by atoms with E-state index in [1.165, 1.54) is 0 Å². The van der Waals surface area contributed by atoms with Gasteiger partial charge in [-0.25, -0.2) is 0 Å². The second kappa shape index (κ2) is 4.35. The first-order valence-corrected chi connectivity index (χ1v) is 5.96. The van der Waals surface area contributed by atoms with Crippen LogP contribution in [-0.2, 0) is 11.2 Å². The topological polar surface area (TPSA) is 53.0 Å². The van der Waals surface area contributed by atoms with Crippen LogP contribution >= 0.6 is 0 Å². The summed E-state index contributed by atoms with van der Waals surface area (Å²) >= 11 is 0. The Morgan fingerprint density at radius 3 is 2.44 bits per heavy atom. The Morgan fingerprint density at radius 2 is 1.72 bits per heavy atom. The average molecular weight is 242 g/mol. The van der Waals surface area contributed by atoms with E-state index >= 15 is 0 Å². The normalized spacial score (nSPS) is 17.7. The number of epoxide rings is 1. The molecule has 3 nitrogen and oxygen atoms in total. The van der Waals surface area contributed by atoms with E-state index in [1.54, 1.807) is 18.2 Å². The lowest BCUT2D eigenvalue weighted by molar-refractivity contribution is 0.407. The summed E-state index contributed by atoms with van der Waals surface area (Å²) < 4.78 is 5.23. The Balaban J connectivity index is 2.11. The Bertz CT molecular complexity index is 574. The molecule has 2 aromatic carbocycles. The van der Waals surface area contributed by atoms with Crippen molar-refractivity contribution in [2.45, 2.75) is 12.5 Å². The second-order valence-electron chi connectivity index (χ2n) is 4.49. The molecule has 92 valence electrons. The van der Waals surface area contributed by atoms with Gasteiger partial charge >= 0.3 is 0 Å². The molecule has 1 fully saturated rings. The van der Waals surface area contributed by atoms with Crippen LogP contribution in [0.3, 0.4) is 0 Å². The number of ether oxygens (including phenoxy) is 1. The molecule has 18 heavy (non-hydrogen) atoms. The fraction of sp³-hybridized carbons (Fsp3) is 0.200. The summed E-state index contributed by atoms with van der Waals surface area (Å²) in [6, 6.07) is 12.5. The van der Waals surface area contributed by atoms with Gasteiger partial charge in [0.2, 0.25) is 0 Å². The molecule has 0 bridgehead atoms. The molecule has 1 saturated heterocycles. The Kier molecular flexibility index (Phi) is 2.68. The lowest BCUT2D eigenvalue weighted by Gasteiger charge is -2.12. The van der Waals surface area contributed by atoms with Gasteiger partial charge in [0, 0.05) is 17.5 Å². The van der Waals surface area contributed by atoms with Crippen LogP contribution in [0.2, 0.25) is 0 Å². The summed E-state index contributed by atoms with van der Waals surface area (Å²) in [4.78, 5) is 0. The monoisotopic (exact) mass is 242 g/mol. The van der Waals surface area contributed by atoms with Crippen molar-refractivity contribution in [1.29, 1.82) is 0 Å². The highest BCUT2D eigenvalue weighted by molar-refractivity contribution is 5.78. The Hall–Kier alpha value is -2.00. The molecule has 3 rings (SSSR count). The van der Waals surface area contributed by atoms with E-state index in [1.807, 2.05) is 24.3 Å². The zero-order chi connectivity index (χ0) is 12.5. The summed E-state index contributed by atoms with van der Waals surface area (Å²) in [5, 5.41) is 20.0. The summed E-state index contributed by atoms with van der Waals surface area (Å²) in [6.07, 6.45) is 1.01. The molecule has 0 spiro atoms. The van der Waals surface area contributed by atoms with Crippen LogP contribution in [-0.4, -0.2) is 22.9 Å². The van der Waals surface area contributed by atoms with Crippen molar-refractivity contribution in [3.63, 3.8) is 0 Å². The maximum absolute atomic E-state index is 10.1. The van der Waals surface area contributed by atoms with E-state index in [4.69, 9.17) is 4.74 Å². The fourth-order valence-electron chi connectivity index (χ4n) is 2.18. The Morgan fingerprint density at radius 1 is 1.00 bits per heavy atom. The van der Waals surface area contributed by atoms with Gasteiger partial charge in [-0.15, -0.1) is 0 Å². The zero-order valence-electron chi connectivity index (χ0n) is 9.84. The van der Waals surface area contributed by atoms with Gasteiger partial charge in [-0.3, -0.25) is 0 Å². The molecule has 1 aliphatic rings. The zero-order valence-corrected chi connectivity index (χ0v) is 9.84. The molecular formula is C15H14O3. The number of hydrogen-bond acceptors (Lipinski definition) is 3. The van der Waals surface area contributed by atoms with Crippen molar-refractivity contribution in [1.82, 2.24) is 0 Å². The van der Waals surface area contributed by atoms with Gasteiger partial charge in [-0.1, -0.05) is 30.3 Å². The van der Waals surface area contributed by atoms with E-state index in [-0.39, 0.29) is 17.6 Å². The molecule has 0 saturated carbocycles. The lowest BCUT2D eigenvalue weighted by atomic mass is 9.95. The van der Waals surface area contributed by atoms with Crippen LogP contribution in [0.1, 0.15) is 5.56 Å². The van der Waals surface area contributed by atoms with Gasteiger partial charge in [0.25, 0.3) is 0 Å². The summed E-state index contributed by atoms with van der Waals surface area (Å²) in [5.74, 6) is 0.367. The van der Waals surface area contributed by atoms with Crippen molar-refractivity contribution in [2.24, 2.45) is 0 Å². The van der Waals surface area contributed by atoms with Crippen molar-refractivity contribution in [2.75, 3.05) is 6.61 Å². The van der Waals surface area contributed by atoms with Gasteiger partial charge in [0.15, 0.2) is 0 Å².